The molecule has 0 saturated carbocycles. The van der Waals surface area contributed by atoms with Crippen LogP contribution >= 0.6 is 0 Å². The van der Waals surface area contributed by atoms with Crippen molar-refractivity contribution in [2.45, 2.75) is 19.4 Å². The van der Waals surface area contributed by atoms with E-state index in [0.717, 1.165) is 5.69 Å². The third-order valence-electron chi connectivity index (χ3n) is 3.77. The smallest absolute Gasteiger partial charge is 0.255 e. The van der Waals surface area contributed by atoms with Gasteiger partial charge in [0.1, 0.15) is 12.1 Å². The number of carbonyl (C=O) groups excluding carboxylic acids is 1. The van der Waals surface area contributed by atoms with Gasteiger partial charge in [-0.3, -0.25) is 9.48 Å². The summed E-state index contributed by atoms with van der Waals surface area (Å²) in [6.45, 7) is 1.97. The monoisotopic (exact) mass is 327 g/mol. The molecule has 9 heteroatoms. The van der Waals surface area contributed by atoms with E-state index < -0.39 is 0 Å². The Morgan fingerprint density at radius 3 is 2.83 bits per heavy atom. The molecule has 0 saturated heterocycles. The number of benzene rings is 1. The van der Waals surface area contributed by atoms with Gasteiger partial charge in [0.25, 0.3) is 5.91 Å². The zero-order chi connectivity index (χ0) is 17.1. The standard InChI is InChI=1S/C15H17N7O2/c1-3-12(13-6-7-17-21(13)2)18-15(24)11-8-10(4-5-14(11)23)22-9-16-19-20-22/h4-9,12,23H,3H2,1-2H3,(H,18,24)/t12-/m1/s1. The number of aryl methyl sites for hydroxylation is 1. The molecule has 0 unspecified atom stereocenters. The van der Waals surface area contributed by atoms with Crippen molar-refractivity contribution in [1.82, 2.24) is 35.3 Å². The first-order valence-corrected chi connectivity index (χ1v) is 7.45. The normalized spacial score (nSPS) is 12.1. The number of rotatable bonds is 5. The summed E-state index contributed by atoms with van der Waals surface area (Å²) in [6, 6.07) is 6.25. The highest BCUT2D eigenvalue weighted by atomic mass is 16.3. The minimum Gasteiger partial charge on any atom is -0.507 e. The zero-order valence-electron chi connectivity index (χ0n) is 13.3. The van der Waals surface area contributed by atoms with Crippen LogP contribution in [0.25, 0.3) is 5.69 Å². The molecule has 0 bridgehead atoms. The first kappa shape index (κ1) is 15.7. The number of aromatic nitrogens is 6. The number of phenols is 1. The molecule has 2 heterocycles. The summed E-state index contributed by atoms with van der Waals surface area (Å²) in [6.07, 6.45) is 3.79. The number of nitrogens with one attached hydrogen (secondary N) is 1. The van der Waals surface area contributed by atoms with E-state index in [9.17, 15) is 9.90 Å². The Morgan fingerprint density at radius 2 is 2.21 bits per heavy atom. The number of aromatic hydroxyl groups is 1. The van der Waals surface area contributed by atoms with Crippen LogP contribution in [0.3, 0.4) is 0 Å². The molecule has 9 nitrogen and oxygen atoms in total. The van der Waals surface area contributed by atoms with Gasteiger partial charge >= 0.3 is 0 Å². The van der Waals surface area contributed by atoms with Crippen LogP contribution in [0.4, 0.5) is 0 Å². The molecular formula is C15H17N7O2. The first-order chi connectivity index (χ1) is 11.6. The van der Waals surface area contributed by atoms with E-state index in [1.165, 1.54) is 23.1 Å². The fourth-order valence-corrected chi connectivity index (χ4v) is 2.48. The minimum atomic E-state index is -0.379. The Bertz CT molecular complexity index is 841. The van der Waals surface area contributed by atoms with E-state index in [1.807, 2.05) is 20.0 Å². The van der Waals surface area contributed by atoms with Gasteiger partial charge in [-0.05, 0) is 41.1 Å². The minimum absolute atomic E-state index is 0.107. The van der Waals surface area contributed by atoms with Crippen molar-refractivity contribution in [3.8, 4) is 11.4 Å². The van der Waals surface area contributed by atoms with Crippen LogP contribution in [0.15, 0.2) is 36.8 Å². The molecule has 24 heavy (non-hydrogen) atoms. The third-order valence-corrected chi connectivity index (χ3v) is 3.77. The molecule has 0 radical (unpaired) electrons. The maximum absolute atomic E-state index is 12.6. The van der Waals surface area contributed by atoms with Crippen molar-refractivity contribution in [3.05, 3.63) is 48.0 Å². The molecule has 1 atom stereocenters. The van der Waals surface area contributed by atoms with Gasteiger partial charge in [0.2, 0.25) is 0 Å². The predicted molar refractivity (Wildman–Crippen MR) is 84.5 cm³/mol. The van der Waals surface area contributed by atoms with Crippen molar-refractivity contribution in [2.24, 2.45) is 7.05 Å². The Kier molecular flexibility index (Phi) is 4.23. The van der Waals surface area contributed by atoms with Gasteiger partial charge < -0.3 is 10.4 Å². The van der Waals surface area contributed by atoms with Crippen LogP contribution < -0.4 is 5.32 Å². The van der Waals surface area contributed by atoms with Crippen molar-refractivity contribution < 1.29 is 9.90 Å². The lowest BCUT2D eigenvalue weighted by Gasteiger charge is -2.18. The molecule has 3 aromatic rings. The average Bonchev–Trinajstić information content (AvgIpc) is 3.24. The molecule has 124 valence electrons. The zero-order valence-corrected chi connectivity index (χ0v) is 13.3. The van der Waals surface area contributed by atoms with Crippen molar-refractivity contribution >= 4 is 5.91 Å². The summed E-state index contributed by atoms with van der Waals surface area (Å²) in [5.74, 6) is -0.486. The highest BCUT2D eigenvalue weighted by Crippen LogP contribution is 2.22. The number of hydrogen-bond donors (Lipinski definition) is 2. The van der Waals surface area contributed by atoms with E-state index in [0.29, 0.717) is 12.1 Å². The molecular weight excluding hydrogens is 310 g/mol. The number of phenolic OH excluding ortho intramolecular Hbond substituents is 1. The maximum Gasteiger partial charge on any atom is 0.255 e. The molecule has 0 aliphatic rings. The quantitative estimate of drug-likeness (QED) is 0.723. The summed E-state index contributed by atoms with van der Waals surface area (Å²) in [5.41, 5.74) is 1.63. The molecule has 3 rings (SSSR count). The van der Waals surface area contributed by atoms with Crippen molar-refractivity contribution in [3.63, 3.8) is 0 Å². The molecule has 0 aliphatic heterocycles. The molecule has 0 spiro atoms. The lowest BCUT2D eigenvalue weighted by molar-refractivity contribution is 0.0931. The Morgan fingerprint density at radius 1 is 1.38 bits per heavy atom. The topological polar surface area (TPSA) is 111 Å². The van der Waals surface area contributed by atoms with Gasteiger partial charge in [-0.25, -0.2) is 4.68 Å². The second kappa shape index (κ2) is 6.49. The number of nitrogens with zero attached hydrogens (tertiary/aromatic N) is 6. The third kappa shape index (κ3) is 2.96. The Hall–Kier alpha value is -3.23. The Balaban J connectivity index is 1.87. The van der Waals surface area contributed by atoms with Gasteiger partial charge in [0.15, 0.2) is 0 Å². The van der Waals surface area contributed by atoms with Crippen LogP contribution in [0.5, 0.6) is 5.75 Å². The molecule has 0 aliphatic carbocycles. The van der Waals surface area contributed by atoms with Gasteiger partial charge in [-0.15, -0.1) is 5.10 Å². The summed E-state index contributed by atoms with van der Waals surface area (Å²) in [5, 5.41) is 28.0. The van der Waals surface area contributed by atoms with E-state index in [4.69, 9.17) is 0 Å². The highest BCUT2D eigenvalue weighted by molar-refractivity contribution is 5.97. The van der Waals surface area contributed by atoms with Gasteiger partial charge in [-0.1, -0.05) is 6.92 Å². The second-order valence-electron chi connectivity index (χ2n) is 5.27. The van der Waals surface area contributed by atoms with Crippen molar-refractivity contribution in [1.29, 1.82) is 0 Å². The lowest BCUT2D eigenvalue weighted by atomic mass is 10.1. The fourth-order valence-electron chi connectivity index (χ4n) is 2.48. The summed E-state index contributed by atoms with van der Waals surface area (Å²) >= 11 is 0. The summed E-state index contributed by atoms with van der Waals surface area (Å²) < 4.78 is 3.13. The average molecular weight is 327 g/mol. The molecule has 1 aromatic carbocycles. The van der Waals surface area contributed by atoms with E-state index in [-0.39, 0.29) is 23.3 Å². The van der Waals surface area contributed by atoms with Crippen LogP contribution in [0.1, 0.15) is 35.4 Å². The largest absolute Gasteiger partial charge is 0.507 e. The van der Waals surface area contributed by atoms with Crippen LogP contribution in [-0.4, -0.2) is 41.0 Å². The van der Waals surface area contributed by atoms with Gasteiger partial charge in [0.05, 0.1) is 23.0 Å². The SMILES string of the molecule is CC[C@@H](NC(=O)c1cc(-n2cnnn2)ccc1O)c1ccnn1C. The Labute approximate surface area is 137 Å². The van der Waals surface area contributed by atoms with E-state index in [2.05, 4.69) is 25.9 Å². The number of carbonyl (C=O) groups is 1. The first-order valence-electron chi connectivity index (χ1n) is 7.45. The maximum atomic E-state index is 12.6. The van der Waals surface area contributed by atoms with Gasteiger partial charge in [-0.2, -0.15) is 5.10 Å². The number of tetrazole rings is 1. The van der Waals surface area contributed by atoms with E-state index >= 15 is 0 Å². The van der Waals surface area contributed by atoms with Crippen LogP contribution in [0, 0.1) is 0 Å². The molecule has 0 fully saturated rings. The van der Waals surface area contributed by atoms with Crippen LogP contribution in [-0.2, 0) is 7.05 Å². The highest BCUT2D eigenvalue weighted by Gasteiger charge is 2.19. The second-order valence-corrected chi connectivity index (χ2v) is 5.27. The summed E-state index contributed by atoms with van der Waals surface area (Å²) in [7, 11) is 1.82. The van der Waals surface area contributed by atoms with Crippen LogP contribution in [0.2, 0.25) is 0 Å². The summed E-state index contributed by atoms with van der Waals surface area (Å²) in [4.78, 5) is 12.6. The number of hydrogen-bond acceptors (Lipinski definition) is 6. The fraction of sp³-hybridized carbons (Fsp3) is 0.267. The lowest BCUT2D eigenvalue weighted by Crippen LogP contribution is -2.29. The van der Waals surface area contributed by atoms with E-state index in [1.54, 1.807) is 16.9 Å². The predicted octanol–water partition coefficient (Wildman–Crippen LogP) is 0.982. The van der Waals surface area contributed by atoms with Crippen molar-refractivity contribution in [2.75, 3.05) is 0 Å². The molecule has 2 aromatic heterocycles. The molecule has 2 N–H and O–H groups in total. The molecule has 1 amide bonds. The van der Waals surface area contributed by atoms with Gasteiger partial charge in [0, 0.05) is 13.2 Å². The number of amides is 1.